The SMILES string of the molecule is O=C(C[C@@H]1CCc2ccccc21)N1CCC(c2ncc[nH]2)CC1. The van der Waals surface area contributed by atoms with Gasteiger partial charge in [0.2, 0.25) is 5.91 Å². The van der Waals surface area contributed by atoms with Gasteiger partial charge in [0, 0.05) is 37.8 Å². The van der Waals surface area contributed by atoms with Gasteiger partial charge in [-0.1, -0.05) is 24.3 Å². The first kappa shape index (κ1) is 14.5. The van der Waals surface area contributed by atoms with Gasteiger partial charge in [-0.25, -0.2) is 4.98 Å². The first-order valence-electron chi connectivity index (χ1n) is 8.66. The molecule has 2 aromatic rings. The lowest BCUT2D eigenvalue weighted by Crippen LogP contribution is -2.38. The highest BCUT2D eigenvalue weighted by atomic mass is 16.2. The standard InChI is InChI=1S/C19H23N3O/c23-18(13-16-6-5-14-3-1-2-4-17(14)16)22-11-7-15(8-12-22)19-20-9-10-21-19/h1-4,9-10,15-16H,5-8,11-13H2,(H,20,21)/t16-/m0/s1. The van der Waals surface area contributed by atoms with Crippen LogP contribution in [-0.4, -0.2) is 33.9 Å². The molecule has 1 atom stereocenters. The van der Waals surface area contributed by atoms with E-state index in [0.717, 1.165) is 44.6 Å². The van der Waals surface area contributed by atoms with Crippen molar-refractivity contribution in [3.8, 4) is 0 Å². The van der Waals surface area contributed by atoms with Gasteiger partial charge in [-0.05, 0) is 42.7 Å². The number of benzene rings is 1. The summed E-state index contributed by atoms with van der Waals surface area (Å²) >= 11 is 0. The Morgan fingerprint density at radius 3 is 2.83 bits per heavy atom. The molecule has 1 saturated heterocycles. The van der Waals surface area contributed by atoms with Gasteiger partial charge in [-0.15, -0.1) is 0 Å². The molecule has 1 aliphatic heterocycles. The zero-order valence-corrected chi connectivity index (χ0v) is 13.4. The number of carbonyl (C=O) groups excluding carboxylic acids is 1. The van der Waals surface area contributed by atoms with Crippen LogP contribution in [0.2, 0.25) is 0 Å². The Morgan fingerprint density at radius 1 is 1.22 bits per heavy atom. The molecule has 4 nitrogen and oxygen atoms in total. The second kappa shape index (κ2) is 6.19. The molecule has 1 aromatic carbocycles. The molecular formula is C19H23N3O. The summed E-state index contributed by atoms with van der Waals surface area (Å²) in [4.78, 5) is 22.3. The maximum absolute atomic E-state index is 12.7. The molecule has 4 heteroatoms. The molecule has 23 heavy (non-hydrogen) atoms. The minimum absolute atomic E-state index is 0.324. The van der Waals surface area contributed by atoms with Crippen LogP contribution in [0.15, 0.2) is 36.7 Å². The van der Waals surface area contributed by atoms with E-state index in [2.05, 4.69) is 39.1 Å². The number of hydrogen-bond donors (Lipinski definition) is 1. The van der Waals surface area contributed by atoms with Gasteiger partial charge >= 0.3 is 0 Å². The van der Waals surface area contributed by atoms with E-state index in [1.54, 1.807) is 0 Å². The molecule has 0 spiro atoms. The summed E-state index contributed by atoms with van der Waals surface area (Å²) in [7, 11) is 0. The number of likely N-dealkylation sites (tertiary alicyclic amines) is 1. The number of nitrogens with zero attached hydrogens (tertiary/aromatic N) is 2. The highest BCUT2D eigenvalue weighted by Gasteiger charge is 2.29. The average Bonchev–Trinajstić information content (AvgIpc) is 3.25. The predicted octanol–water partition coefficient (Wildman–Crippen LogP) is 3.24. The highest BCUT2D eigenvalue weighted by Crippen LogP contribution is 2.36. The smallest absolute Gasteiger partial charge is 0.223 e. The number of aromatic amines is 1. The Bertz CT molecular complexity index is 672. The summed E-state index contributed by atoms with van der Waals surface area (Å²) in [6.45, 7) is 1.72. The lowest BCUT2D eigenvalue weighted by Gasteiger charge is -2.32. The summed E-state index contributed by atoms with van der Waals surface area (Å²) < 4.78 is 0. The van der Waals surface area contributed by atoms with Gasteiger partial charge in [0.1, 0.15) is 5.82 Å². The van der Waals surface area contributed by atoms with Crippen molar-refractivity contribution < 1.29 is 4.79 Å². The number of nitrogens with one attached hydrogen (secondary N) is 1. The second-order valence-electron chi connectivity index (χ2n) is 6.77. The summed E-state index contributed by atoms with van der Waals surface area (Å²) in [5.74, 6) is 2.29. The van der Waals surface area contributed by atoms with Gasteiger partial charge in [0.05, 0.1) is 0 Å². The third-order valence-corrected chi connectivity index (χ3v) is 5.43. The summed E-state index contributed by atoms with van der Waals surface area (Å²) in [5, 5.41) is 0. The van der Waals surface area contributed by atoms with Gasteiger partial charge in [-0.3, -0.25) is 4.79 Å². The number of fused-ring (bicyclic) bond motifs is 1. The third-order valence-electron chi connectivity index (χ3n) is 5.43. The summed E-state index contributed by atoms with van der Waals surface area (Å²) in [6, 6.07) is 8.59. The van der Waals surface area contributed by atoms with Gasteiger partial charge < -0.3 is 9.88 Å². The van der Waals surface area contributed by atoms with Crippen LogP contribution in [0.4, 0.5) is 0 Å². The van der Waals surface area contributed by atoms with Crippen molar-refractivity contribution in [2.24, 2.45) is 0 Å². The lowest BCUT2D eigenvalue weighted by atomic mass is 9.94. The molecule has 4 rings (SSSR count). The number of amides is 1. The maximum atomic E-state index is 12.7. The normalized spacial score (nSPS) is 21.4. The lowest BCUT2D eigenvalue weighted by molar-refractivity contribution is -0.132. The Labute approximate surface area is 136 Å². The first-order valence-corrected chi connectivity index (χ1v) is 8.66. The molecule has 2 aliphatic rings. The number of H-pyrrole nitrogens is 1. The van der Waals surface area contributed by atoms with Crippen molar-refractivity contribution in [2.75, 3.05) is 13.1 Å². The van der Waals surface area contributed by atoms with Crippen molar-refractivity contribution in [2.45, 2.75) is 43.9 Å². The fraction of sp³-hybridized carbons (Fsp3) is 0.474. The molecule has 0 saturated carbocycles. The van der Waals surface area contributed by atoms with Gasteiger partial charge in [0.15, 0.2) is 0 Å². The van der Waals surface area contributed by atoms with Crippen LogP contribution in [0.25, 0.3) is 0 Å². The number of piperidine rings is 1. The van der Waals surface area contributed by atoms with Crippen molar-refractivity contribution in [3.63, 3.8) is 0 Å². The summed E-state index contributed by atoms with van der Waals surface area (Å²) in [6.07, 6.45) is 8.63. The van der Waals surface area contributed by atoms with Crippen LogP contribution in [0.3, 0.4) is 0 Å². The first-order chi connectivity index (χ1) is 11.3. The highest BCUT2D eigenvalue weighted by molar-refractivity contribution is 5.77. The molecule has 1 amide bonds. The van der Waals surface area contributed by atoms with Crippen LogP contribution >= 0.6 is 0 Å². The van der Waals surface area contributed by atoms with Crippen LogP contribution in [0.5, 0.6) is 0 Å². The Balaban J connectivity index is 1.34. The number of imidazole rings is 1. The fourth-order valence-electron chi connectivity index (χ4n) is 4.10. The van der Waals surface area contributed by atoms with Crippen LogP contribution in [-0.2, 0) is 11.2 Å². The number of rotatable bonds is 3. The molecule has 1 aromatic heterocycles. The van der Waals surface area contributed by atoms with Gasteiger partial charge in [0.25, 0.3) is 0 Å². The Morgan fingerprint density at radius 2 is 2.04 bits per heavy atom. The monoisotopic (exact) mass is 309 g/mol. The maximum Gasteiger partial charge on any atom is 0.223 e. The van der Waals surface area contributed by atoms with Crippen LogP contribution in [0.1, 0.15) is 54.5 Å². The summed E-state index contributed by atoms with van der Waals surface area (Å²) in [5.41, 5.74) is 2.83. The number of hydrogen-bond acceptors (Lipinski definition) is 2. The van der Waals surface area contributed by atoms with E-state index in [1.807, 2.05) is 12.4 Å². The Kier molecular flexibility index (Phi) is 3.90. The van der Waals surface area contributed by atoms with Crippen LogP contribution < -0.4 is 0 Å². The van der Waals surface area contributed by atoms with E-state index >= 15 is 0 Å². The molecule has 0 radical (unpaired) electrons. The van der Waals surface area contributed by atoms with E-state index in [0.29, 0.717) is 24.2 Å². The van der Waals surface area contributed by atoms with E-state index in [-0.39, 0.29) is 0 Å². The van der Waals surface area contributed by atoms with Crippen molar-refractivity contribution >= 4 is 5.91 Å². The zero-order chi connectivity index (χ0) is 15.6. The average molecular weight is 309 g/mol. The molecular weight excluding hydrogens is 286 g/mol. The van der Waals surface area contributed by atoms with E-state index < -0.39 is 0 Å². The quantitative estimate of drug-likeness (QED) is 0.946. The second-order valence-corrected chi connectivity index (χ2v) is 6.77. The molecule has 1 N–H and O–H groups in total. The number of carbonyl (C=O) groups is 1. The molecule has 2 heterocycles. The third kappa shape index (κ3) is 2.90. The minimum Gasteiger partial charge on any atom is -0.348 e. The molecule has 1 fully saturated rings. The van der Waals surface area contributed by atoms with Crippen molar-refractivity contribution in [3.05, 3.63) is 53.6 Å². The van der Waals surface area contributed by atoms with Gasteiger partial charge in [-0.2, -0.15) is 0 Å². The molecule has 120 valence electrons. The number of aryl methyl sites for hydroxylation is 1. The Hall–Kier alpha value is -2.10. The zero-order valence-electron chi connectivity index (χ0n) is 13.4. The number of aromatic nitrogens is 2. The molecule has 0 unspecified atom stereocenters. The minimum atomic E-state index is 0.324. The predicted molar refractivity (Wildman–Crippen MR) is 89.3 cm³/mol. The van der Waals surface area contributed by atoms with Crippen molar-refractivity contribution in [1.29, 1.82) is 0 Å². The molecule has 0 bridgehead atoms. The van der Waals surface area contributed by atoms with E-state index in [4.69, 9.17) is 0 Å². The van der Waals surface area contributed by atoms with Crippen LogP contribution in [0, 0.1) is 0 Å². The largest absolute Gasteiger partial charge is 0.348 e. The van der Waals surface area contributed by atoms with E-state index in [1.165, 1.54) is 11.1 Å². The topological polar surface area (TPSA) is 49.0 Å². The fourth-order valence-corrected chi connectivity index (χ4v) is 4.10. The van der Waals surface area contributed by atoms with E-state index in [9.17, 15) is 4.79 Å². The van der Waals surface area contributed by atoms with Crippen molar-refractivity contribution in [1.82, 2.24) is 14.9 Å². The molecule has 1 aliphatic carbocycles.